The summed E-state index contributed by atoms with van der Waals surface area (Å²) in [7, 11) is 0. The molecule has 2 unspecified atom stereocenters. The lowest BCUT2D eigenvalue weighted by Crippen LogP contribution is -2.55. The Kier molecular flexibility index (Phi) is 12.6. The number of anilines is 3. The molecule has 2 atom stereocenters. The van der Waals surface area contributed by atoms with Gasteiger partial charge in [0.1, 0.15) is 35.6 Å². The van der Waals surface area contributed by atoms with Gasteiger partial charge in [0, 0.05) is 29.6 Å². The molecular formula is C41H46IN7O6. The molecule has 0 bridgehead atoms. The highest BCUT2D eigenvalue weighted by atomic mass is 127. The number of hydrogen-bond donors (Lipinski definition) is 3. The molecule has 3 heterocycles. The number of nitrogens with one attached hydrogen (secondary N) is 3. The number of aryl methyl sites for hydroxylation is 1. The molecule has 14 heteroatoms. The Morgan fingerprint density at radius 1 is 0.982 bits per heavy atom. The zero-order chi connectivity index (χ0) is 39.1. The lowest BCUT2D eigenvalue weighted by atomic mass is 10.1. The highest BCUT2D eigenvalue weighted by Crippen LogP contribution is 2.34. The molecule has 3 aromatic carbocycles. The van der Waals surface area contributed by atoms with Gasteiger partial charge < -0.3 is 24.8 Å². The van der Waals surface area contributed by atoms with Gasteiger partial charge in [-0.25, -0.2) is 19.3 Å². The first-order chi connectivity index (χ1) is 26.4. The standard InChI is InChI=1S/C41H46IN7O6/c1-6-9-31(42)33-23-37(49(47-33)28-14-12-26(2)13-15-28)46-39(51)44-32-16-17-35(30-11-8-7-10-29(30)32)54-24-27-18-19-43-36(22-27)45-38(50)34-25-53-21-20-48(34)40(52)55-41(3,4)5/h7-8,10-19,22-23,31,34H,6,9,20-21,24-25H2,1-5H3,(H,43,45,50)(H2,44,46,51). The summed E-state index contributed by atoms with van der Waals surface area (Å²) in [5.41, 5.74) is 3.56. The molecule has 55 heavy (non-hydrogen) atoms. The Labute approximate surface area is 334 Å². The molecule has 1 aliphatic rings. The fourth-order valence-corrected chi connectivity index (χ4v) is 6.99. The van der Waals surface area contributed by atoms with Gasteiger partial charge in [0.15, 0.2) is 0 Å². The van der Waals surface area contributed by atoms with Crippen molar-refractivity contribution in [1.82, 2.24) is 19.7 Å². The normalized spacial score (nSPS) is 14.9. The first-order valence-corrected chi connectivity index (χ1v) is 19.5. The predicted octanol–water partition coefficient (Wildman–Crippen LogP) is 8.80. The van der Waals surface area contributed by atoms with Crippen LogP contribution in [0.2, 0.25) is 0 Å². The molecule has 13 nitrogen and oxygen atoms in total. The lowest BCUT2D eigenvalue weighted by Gasteiger charge is -2.35. The van der Waals surface area contributed by atoms with Crippen LogP contribution in [0.15, 0.2) is 85.1 Å². The van der Waals surface area contributed by atoms with Crippen LogP contribution in [-0.2, 0) is 20.9 Å². The van der Waals surface area contributed by atoms with Crippen LogP contribution < -0.4 is 20.7 Å². The van der Waals surface area contributed by atoms with Crippen molar-refractivity contribution in [2.45, 2.75) is 69.6 Å². The number of amides is 4. The van der Waals surface area contributed by atoms with Crippen LogP contribution in [0.3, 0.4) is 0 Å². The van der Waals surface area contributed by atoms with Crippen molar-refractivity contribution in [2.75, 3.05) is 35.7 Å². The van der Waals surface area contributed by atoms with Gasteiger partial charge in [-0.1, -0.05) is 77.9 Å². The number of morpholine rings is 1. The molecule has 2 aromatic heterocycles. The summed E-state index contributed by atoms with van der Waals surface area (Å²) in [6.45, 7) is 10.3. The molecule has 4 amide bonds. The van der Waals surface area contributed by atoms with Crippen molar-refractivity contribution in [1.29, 1.82) is 0 Å². The number of rotatable bonds is 11. The van der Waals surface area contributed by atoms with Gasteiger partial charge in [-0.15, -0.1) is 0 Å². The Bertz CT molecular complexity index is 2150. The van der Waals surface area contributed by atoms with E-state index in [4.69, 9.17) is 19.3 Å². The van der Waals surface area contributed by atoms with Gasteiger partial charge in [0.25, 0.3) is 5.91 Å². The van der Waals surface area contributed by atoms with Gasteiger partial charge in [0.2, 0.25) is 0 Å². The third-order valence-electron chi connectivity index (χ3n) is 8.77. The maximum Gasteiger partial charge on any atom is 0.411 e. The monoisotopic (exact) mass is 859 g/mol. The highest BCUT2D eigenvalue weighted by molar-refractivity contribution is 14.1. The number of carbonyl (C=O) groups excluding carboxylic acids is 3. The Hall–Kier alpha value is -5.22. The summed E-state index contributed by atoms with van der Waals surface area (Å²) < 4.78 is 19.3. The fraction of sp³-hybridized carbons (Fsp3) is 0.341. The Morgan fingerprint density at radius 3 is 2.49 bits per heavy atom. The van der Waals surface area contributed by atoms with E-state index < -0.39 is 29.7 Å². The first kappa shape index (κ1) is 39.5. The topological polar surface area (TPSA) is 149 Å². The van der Waals surface area contributed by atoms with E-state index >= 15 is 0 Å². The maximum atomic E-state index is 13.5. The summed E-state index contributed by atoms with van der Waals surface area (Å²) in [5.74, 6) is 1.06. The number of halogens is 1. The second kappa shape index (κ2) is 17.5. The average molecular weight is 860 g/mol. The molecule has 5 aromatic rings. The molecule has 0 spiro atoms. The van der Waals surface area contributed by atoms with Crippen molar-refractivity contribution >= 4 is 68.7 Å². The maximum absolute atomic E-state index is 13.5. The number of hydrogen-bond acceptors (Lipinski definition) is 8. The molecule has 0 saturated carbocycles. The smallest absolute Gasteiger partial charge is 0.411 e. The van der Waals surface area contributed by atoms with Crippen LogP contribution in [0.4, 0.5) is 26.9 Å². The highest BCUT2D eigenvalue weighted by Gasteiger charge is 2.35. The number of ether oxygens (including phenoxy) is 3. The largest absolute Gasteiger partial charge is 0.488 e. The minimum absolute atomic E-state index is 0.0462. The Balaban J connectivity index is 1.13. The molecule has 0 aliphatic carbocycles. The van der Waals surface area contributed by atoms with E-state index in [0.29, 0.717) is 29.7 Å². The zero-order valence-corrected chi connectivity index (χ0v) is 33.8. The molecule has 1 saturated heterocycles. The third-order valence-corrected chi connectivity index (χ3v) is 10.0. The molecule has 1 fully saturated rings. The summed E-state index contributed by atoms with van der Waals surface area (Å²) in [4.78, 5) is 45.3. The minimum Gasteiger partial charge on any atom is -0.488 e. The Morgan fingerprint density at radius 2 is 1.75 bits per heavy atom. The summed E-state index contributed by atoms with van der Waals surface area (Å²) in [6, 6.07) is 23.5. The summed E-state index contributed by atoms with van der Waals surface area (Å²) >= 11 is 2.40. The number of nitrogens with zero attached hydrogens (tertiary/aromatic N) is 4. The van der Waals surface area contributed by atoms with E-state index in [9.17, 15) is 14.4 Å². The van der Waals surface area contributed by atoms with Gasteiger partial charge in [-0.05, 0) is 76.1 Å². The summed E-state index contributed by atoms with van der Waals surface area (Å²) in [6.07, 6.45) is 3.01. The fourth-order valence-electron chi connectivity index (χ4n) is 6.06. The van der Waals surface area contributed by atoms with E-state index in [0.717, 1.165) is 46.1 Å². The van der Waals surface area contributed by atoms with Gasteiger partial charge >= 0.3 is 12.1 Å². The molecule has 3 N–H and O–H groups in total. The average Bonchev–Trinajstić information content (AvgIpc) is 3.58. The lowest BCUT2D eigenvalue weighted by molar-refractivity contribution is -0.127. The van der Waals surface area contributed by atoms with E-state index in [1.807, 2.05) is 73.7 Å². The van der Waals surface area contributed by atoms with Gasteiger partial charge in [-0.3, -0.25) is 15.0 Å². The molecule has 0 radical (unpaired) electrons. The van der Waals surface area contributed by atoms with Crippen molar-refractivity contribution in [3.8, 4) is 11.4 Å². The number of carbonyl (C=O) groups is 3. The molecule has 6 rings (SSSR count). The quantitative estimate of drug-likeness (QED) is 0.0882. The van der Waals surface area contributed by atoms with Crippen molar-refractivity contribution in [2.24, 2.45) is 0 Å². The minimum atomic E-state index is -0.868. The second-order valence-electron chi connectivity index (χ2n) is 14.3. The van der Waals surface area contributed by atoms with Crippen molar-refractivity contribution in [3.63, 3.8) is 0 Å². The van der Waals surface area contributed by atoms with Crippen LogP contribution >= 0.6 is 22.6 Å². The second-order valence-corrected chi connectivity index (χ2v) is 15.8. The van der Waals surface area contributed by atoms with Crippen LogP contribution in [0.1, 0.15) is 61.3 Å². The van der Waals surface area contributed by atoms with E-state index in [1.165, 1.54) is 4.90 Å². The number of fused-ring (bicyclic) bond motifs is 1. The number of pyridine rings is 1. The number of benzene rings is 3. The predicted molar refractivity (Wildman–Crippen MR) is 221 cm³/mol. The van der Waals surface area contributed by atoms with Crippen molar-refractivity contribution in [3.05, 3.63) is 102 Å². The van der Waals surface area contributed by atoms with E-state index in [1.54, 1.807) is 43.8 Å². The number of urea groups is 1. The first-order valence-electron chi connectivity index (χ1n) is 18.3. The van der Waals surface area contributed by atoms with E-state index in [-0.39, 0.29) is 23.7 Å². The molecule has 1 aliphatic heterocycles. The number of alkyl halides is 1. The SMILES string of the molecule is CCCC(I)c1cc(NC(=O)Nc2ccc(OCc3ccnc(NC(=O)C4COCCN4C(=O)OC(C)(C)C)c3)c3ccccc23)n(-c2ccc(C)cc2)n1. The van der Waals surface area contributed by atoms with Crippen LogP contribution in [0.5, 0.6) is 5.75 Å². The van der Waals surface area contributed by atoms with Gasteiger partial charge in [-0.2, -0.15) is 5.10 Å². The molecule has 288 valence electrons. The third kappa shape index (κ3) is 10.1. The van der Waals surface area contributed by atoms with Crippen molar-refractivity contribution < 1.29 is 28.6 Å². The summed E-state index contributed by atoms with van der Waals surface area (Å²) in [5, 5.41) is 15.3. The van der Waals surface area contributed by atoms with E-state index in [2.05, 4.69) is 50.4 Å². The van der Waals surface area contributed by atoms with Crippen LogP contribution in [-0.4, -0.2) is 69.1 Å². The molecular weight excluding hydrogens is 813 g/mol. The zero-order valence-electron chi connectivity index (χ0n) is 31.6. The van der Waals surface area contributed by atoms with Crippen LogP contribution in [0.25, 0.3) is 16.5 Å². The van der Waals surface area contributed by atoms with Gasteiger partial charge in [0.05, 0.1) is 34.2 Å². The van der Waals surface area contributed by atoms with Crippen LogP contribution in [0, 0.1) is 6.92 Å². The number of aromatic nitrogens is 3.